The van der Waals surface area contributed by atoms with Crippen molar-refractivity contribution in [1.82, 2.24) is 0 Å². The van der Waals surface area contributed by atoms with Gasteiger partial charge < -0.3 is 0 Å². The number of carbonyl (C=O) groups excluding carboxylic acids is 1. The van der Waals surface area contributed by atoms with Crippen LogP contribution in [0.1, 0.15) is 53.0 Å². The molecule has 94 valence electrons. The van der Waals surface area contributed by atoms with Crippen molar-refractivity contribution in [3.8, 4) is 0 Å². The van der Waals surface area contributed by atoms with Crippen molar-refractivity contribution in [2.45, 2.75) is 47.5 Å². The second-order valence-corrected chi connectivity index (χ2v) is 6.82. The Morgan fingerprint density at radius 2 is 1.41 bits per heavy atom. The third-order valence-corrected chi connectivity index (χ3v) is 3.00. The zero-order chi connectivity index (χ0) is 13.3. The van der Waals surface area contributed by atoms with Crippen LogP contribution in [0.25, 0.3) is 0 Å². The fraction of sp³-hybridized carbons (Fsp3) is 0.562. The molecular formula is C16H24O. The van der Waals surface area contributed by atoms with Crippen molar-refractivity contribution < 1.29 is 4.79 Å². The van der Waals surface area contributed by atoms with Gasteiger partial charge in [0.2, 0.25) is 0 Å². The molecule has 0 saturated carbocycles. The van der Waals surface area contributed by atoms with Gasteiger partial charge in [-0.15, -0.1) is 0 Å². The number of ketones is 1. The zero-order valence-electron chi connectivity index (χ0n) is 11.9. The molecule has 0 radical (unpaired) electrons. The lowest BCUT2D eigenvalue weighted by atomic mass is 9.68. The molecule has 0 N–H and O–H groups in total. The Morgan fingerprint density at radius 1 is 0.941 bits per heavy atom. The first kappa shape index (κ1) is 14.0. The Balaban J connectivity index is 3.20. The maximum absolute atomic E-state index is 12.6. The quantitative estimate of drug-likeness (QED) is 0.737. The largest absolute Gasteiger partial charge is 0.298 e. The Morgan fingerprint density at radius 3 is 1.76 bits per heavy atom. The summed E-state index contributed by atoms with van der Waals surface area (Å²) in [6.07, 6.45) is 0. The van der Waals surface area contributed by atoms with E-state index in [0.717, 1.165) is 5.56 Å². The van der Waals surface area contributed by atoms with Gasteiger partial charge in [0.05, 0.1) is 0 Å². The lowest BCUT2D eigenvalue weighted by molar-refractivity contribution is -0.130. The summed E-state index contributed by atoms with van der Waals surface area (Å²) in [5, 5.41) is 0. The molecule has 1 aromatic carbocycles. The standard InChI is InChI=1S/C16H24O/c1-15(2,3)13(14(17)16(4,5)6)12-10-8-7-9-11-12/h7-11,13H,1-6H3/t13-/m0/s1. The minimum atomic E-state index is -0.298. The number of Topliss-reactive ketones (excluding diaryl/α,β-unsaturated/α-hetero) is 1. The summed E-state index contributed by atoms with van der Waals surface area (Å²) in [7, 11) is 0. The van der Waals surface area contributed by atoms with Gasteiger partial charge in [0.15, 0.2) is 0 Å². The summed E-state index contributed by atoms with van der Waals surface area (Å²) in [6.45, 7) is 12.4. The van der Waals surface area contributed by atoms with Crippen LogP contribution in [0, 0.1) is 10.8 Å². The van der Waals surface area contributed by atoms with Crippen LogP contribution in [0.2, 0.25) is 0 Å². The van der Waals surface area contributed by atoms with Crippen LogP contribution in [0.3, 0.4) is 0 Å². The fourth-order valence-electron chi connectivity index (χ4n) is 2.12. The first-order chi connectivity index (χ1) is 7.64. The van der Waals surface area contributed by atoms with E-state index in [4.69, 9.17) is 0 Å². The maximum Gasteiger partial charge on any atom is 0.146 e. The average molecular weight is 232 g/mol. The molecular weight excluding hydrogens is 208 g/mol. The normalized spacial score (nSPS) is 14.5. The van der Waals surface area contributed by atoms with E-state index >= 15 is 0 Å². The minimum Gasteiger partial charge on any atom is -0.298 e. The van der Waals surface area contributed by atoms with E-state index in [1.165, 1.54) is 0 Å². The predicted molar refractivity (Wildman–Crippen MR) is 73.1 cm³/mol. The van der Waals surface area contributed by atoms with Crippen molar-refractivity contribution in [2.75, 3.05) is 0 Å². The van der Waals surface area contributed by atoms with Gasteiger partial charge in [-0.25, -0.2) is 0 Å². The molecule has 0 fully saturated rings. The van der Waals surface area contributed by atoms with Crippen molar-refractivity contribution >= 4 is 5.78 Å². The smallest absolute Gasteiger partial charge is 0.146 e. The highest BCUT2D eigenvalue weighted by Gasteiger charge is 2.38. The fourth-order valence-corrected chi connectivity index (χ4v) is 2.12. The van der Waals surface area contributed by atoms with E-state index in [1.807, 2.05) is 39.0 Å². The highest BCUT2D eigenvalue weighted by atomic mass is 16.1. The molecule has 0 saturated heterocycles. The van der Waals surface area contributed by atoms with Gasteiger partial charge >= 0.3 is 0 Å². The van der Waals surface area contributed by atoms with E-state index in [9.17, 15) is 4.79 Å². The second-order valence-electron chi connectivity index (χ2n) is 6.82. The van der Waals surface area contributed by atoms with Gasteiger partial charge in [-0.1, -0.05) is 71.9 Å². The van der Waals surface area contributed by atoms with Crippen molar-refractivity contribution in [3.05, 3.63) is 35.9 Å². The first-order valence-electron chi connectivity index (χ1n) is 6.23. The molecule has 0 aromatic heterocycles. The van der Waals surface area contributed by atoms with E-state index in [-0.39, 0.29) is 16.7 Å². The number of rotatable bonds is 2. The Hall–Kier alpha value is -1.11. The third-order valence-electron chi connectivity index (χ3n) is 3.00. The molecule has 0 aliphatic carbocycles. The maximum atomic E-state index is 12.6. The predicted octanol–water partition coefficient (Wildman–Crippen LogP) is 4.43. The Labute approximate surface area is 105 Å². The molecule has 17 heavy (non-hydrogen) atoms. The van der Waals surface area contributed by atoms with E-state index < -0.39 is 0 Å². The SMILES string of the molecule is CC(C)(C)C(=O)[C@H](c1ccccc1)C(C)(C)C. The molecule has 0 amide bonds. The topological polar surface area (TPSA) is 17.1 Å². The number of benzene rings is 1. The first-order valence-corrected chi connectivity index (χ1v) is 6.23. The molecule has 1 nitrogen and oxygen atoms in total. The minimum absolute atomic E-state index is 0.0382. The summed E-state index contributed by atoms with van der Waals surface area (Å²) in [4.78, 5) is 12.6. The highest BCUT2D eigenvalue weighted by molar-refractivity contribution is 5.90. The summed E-state index contributed by atoms with van der Waals surface area (Å²) >= 11 is 0. The van der Waals surface area contributed by atoms with E-state index in [2.05, 4.69) is 32.9 Å². The van der Waals surface area contributed by atoms with Crippen LogP contribution in [0.15, 0.2) is 30.3 Å². The number of carbonyl (C=O) groups is 1. The Bertz CT molecular complexity index is 376. The van der Waals surface area contributed by atoms with Crippen molar-refractivity contribution in [1.29, 1.82) is 0 Å². The molecule has 0 heterocycles. The Kier molecular flexibility index (Phi) is 3.81. The second kappa shape index (κ2) is 4.64. The van der Waals surface area contributed by atoms with Gasteiger partial charge in [0.1, 0.15) is 5.78 Å². The summed E-state index contributed by atoms with van der Waals surface area (Å²) < 4.78 is 0. The lowest BCUT2D eigenvalue weighted by Crippen LogP contribution is -2.34. The average Bonchev–Trinajstić information content (AvgIpc) is 2.15. The summed E-state index contributed by atoms with van der Waals surface area (Å²) in [6, 6.07) is 10.1. The van der Waals surface area contributed by atoms with Crippen LogP contribution in [-0.2, 0) is 4.79 Å². The molecule has 0 aliphatic heterocycles. The van der Waals surface area contributed by atoms with Crippen LogP contribution in [-0.4, -0.2) is 5.78 Å². The van der Waals surface area contributed by atoms with Crippen LogP contribution < -0.4 is 0 Å². The van der Waals surface area contributed by atoms with Crippen LogP contribution >= 0.6 is 0 Å². The molecule has 0 aliphatic rings. The van der Waals surface area contributed by atoms with Crippen LogP contribution in [0.4, 0.5) is 0 Å². The summed E-state index contributed by atoms with van der Waals surface area (Å²) in [5.41, 5.74) is 0.777. The zero-order valence-corrected chi connectivity index (χ0v) is 11.9. The lowest BCUT2D eigenvalue weighted by Gasteiger charge is -2.34. The molecule has 1 heteroatoms. The monoisotopic (exact) mass is 232 g/mol. The molecule has 0 unspecified atom stereocenters. The highest BCUT2D eigenvalue weighted by Crippen LogP contribution is 2.40. The summed E-state index contributed by atoms with van der Waals surface area (Å²) in [5.74, 6) is 0.278. The number of hydrogen-bond acceptors (Lipinski definition) is 1. The van der Waals surface area contributed by atoms with Crippen molar-refractivity contribution in [2.24, 2.45) is 10.8 Å². The van der Waals surface area contributed by atoms with Gasteiger partial charge in [-0.2, -0.15) is 0 Å². The van der Waals surface area contributed by atoms with Gasteiger partial charge in [-0.05, 0) is 11.0 Å². The number of hydrogen-bond donors (Lipinski definition) is 0. The molecule has 1 atom stereocenters. The van der Waals surface area contributed by atoms with Crippen LogP contribution in [0.5, 0.6) is 0 Å². The third kappa shape index (κ3) is 3.42. The molecule has 0 bridgehead atoms. The molecule has 0 spiro atoms. The van der Waals surface area contributed by atoms with Crippen molar-refractivity contribution in [3.63, 3.8) is 0 Å². The van der Waals surface area contributed by atoms with E-state index in [1.54, 1.807) is 0 Å². The van der Waals surface area contributed by atoms with Gasteiger partial charge in [-0.3, -0.25) is 4.79 Å². The van der Waals surface area contributed by atoms with Gasteiger partial charge in [0, 0.05) is 11.3 Å². The molecule has 1 rings (SSSR count). The van der Waals surface area contributed by atoms with Gasteiger partial charge in [0.25, 0.3) is 0 Å². The molecule has 1 aromatic rings. The van der Waals surface area contributed by atoms with E-state index in [0.29, 0.717) is 5.78 Å².